The van der Waals surface area contributed by atoms with Crippen LogP contribution in [0.4, 0.5) is 0 Å². The molecule has 1 unspecified atom stereocenters. The molecule has 0 fully saturated rings. The van der Waals surface area contributed by atoms with E-state index in [0.717, 1.165) is 25.6 Å². The van der Waals surface area contributed by atoms with Crippen molar-refractivity contribution in [3.05, 3.63) is 111 Å². The average molecular weight is 470 g/mol. The SMILES string of the molecule is O=C(CC(/C=C/c1ccc(Br)cc1)c1ccc(Br)cc1)c1ccccc1. The Labute approximate surface area is 171 Å². The Balaban J connectivity index is 1.85. The first kappa shape index (κ1) is 18.8. The van der Waals surface area contributed by atoms with E-state index in [1.807, 2.05) is 54.6 Å². The highest BCUT2D eigenvalue weighted by atomic mass is 79.9. The minimum Gasteiger partial charge on any atom is -0.294 e. The van der Waals surface area contributed by atoms with E-state index in [-0.39, 0.29) is 11.7 Å². The molecule has 0 spiro atoms. The molecular weight excluding hydrogens is 452 g/mol. The topological polar surface area (TPSA) is 17.1 Å². The molecule has 0 aliphatic carbocycles. The predicted octanol–water partition coefficient (Wildman–Crippen LogP) is 7.28. The molecule has 130 valence electrons. The Morgan fingerprint density at radius 3 is 2.00 bits per heavy atom. The summed E-state index contributed by atoms with van der Waals surface area (Å²) < 4.78 is 2.09. The summed E-state index contributed by atoms with van der Waals surface area (Å²) in [6, 6.07) is 25.8. The van der Waals surface area contributed by atoms with E-state index in [9.17, 15) is 4.79 Å². The van der Waals surface area contributed by atoms with Gasteiger partial charge in [0.2, 0.25) is 0 Å². The van der Waals surface area contributed by atoms with E-state index in [1.54, 1.807) is 0 Å². The highest BCUT2D eigenvalue weighted by Gasteiger charge is 2.15. The highest BCUT2D eigenvalue weighted by molar-refractivity contribution is 9.10. The van der Waals surface area contributed by atoms with Crippen LogP contribution in [0.2, 0.25) is 0 Å². The molecule has 3 aromatic carbocycles. The van der Waals surface area contributed by atoms with Crippen molar-refractivity contribution in [2.45, 2.75) is 12.3 Å². The zero-order chi connectivity index (χ0) is 18.4. The van der Waals surface area contributed by atoms with Crippen molar-refractivity contribution >= 4 is 43.7 Å². The third-order valence-electron chi connectivity index (χ3n) is 4.19. The third-order valence-corrected chi connectivity index (χ3v) is 5.25. The molecule has 0 aliphatic heterocycles. The van der Waals surface area contributed by atoms with Crippen molar-refractivity contribution in [2.75, 3.05) is 0 Å². The largest absolute Gasteiger partial charge is 0.294 e. The maximum Gasteiger partial charge on any atom is 0.163 e. The van der Waals surface area contributed by atoms with Crippen LogP contribution >= 0.6 is 31.9 Å². The molecule has 0 saturated carbocycles. The number of benzene rings is 3. The van der Waals surface area contributed by atoms with Crippen molar-refractivity contribution in [3.8, 4) is 0 Å². The van der Waals surface area contributed by atoms with Gasteiger partial charge in [-0.05, 0) is 35.4 Å². The summed E-state index contributed by atoms with van der Waals surface area (Å²) in [7, 11) is 0. The lowest BCUT2D eigenvalue weighted by Gasteiger charge is -2.13. The van der Waals surface area contributed by atoms with E-state index in [0.29, 0.717) is 6.42 Å². The van der Waals surface area contributed by atoms with Crippen LogP contribution in [-0.2, 0) is 0 Å². The summed E-state index contributed by atoms with van der Waals surface area (Å²) in [6.07, 6.45) is 4.64. The molecule has 3 aromatic rings. The van der Waals surface area contributed by atoms with Gasteiger partial charge in [-0.3, -0.25) is 4.79 Å². The number of ketones is 1. The molecule has 0 N–H and O–H groups in total. The summed E-state index contributed by atoms with van der Waals surface area (Å²) in [5.74, 6) is 0.179. The molecule has 0 aromatic heterocycles. The Hall–Kier alpha value is -1.97. The fourth-order valence-corrected chi connectivity index (χ4v) is 3.28. The van der Waals surface area contributed by atoms with Crippen LogP contribution in [0.1, 0.15) is 33.8 Å². The normalized spacial score (nSPS) is 12.2. The number of carbonyl (C=O) groups is 1. The Morgan fingerprint density at radius 2 is 1.38 bits per heavy atom. The zero-order valence-corrected chi connectivity index (χ0v) is 17.3. The molecule has 0 radical (unpaired) electrons. The van der Waals surface area contributed by atoms with Crippen LogP contribution in [0, 0.1) is 0 Å². The molecule has 0 heterocycles. The van der Waals surface area contributed by atoms with Gasteiger partial charge < -0.3 is 0 Å². The number of carbonyl (C=O) groups excluding carboxylic acids is 1. The van der Waals surface area contributed by atoms with Crippen LogP contribution in [0.3, 0.4) is 0 Å². The van der Waals surface area contributed by atoms with Crippen molar-refractivity contribution in [1.29, 1.82) is 0 Å². The summed E-state index contributed by atoms with van der Waals surface area (Å²) >= 11 is 6.93. The van der Waals surface area contributed by atoms with Crippen molar-refractivity contribution in [2.24, 2.45) is 0 Å². The lowest BCUT2D eigenvalue weighted by atomic mass is 9.90. The van der Waals surface area contributed by atoms with Crippen molar-refractivity contribution in [1.82, 2.24) is 0 Å². The molecular formula is C23H18Br2O. The van der Waals surface area contributed by atoms with Gasteiger partial charge in [-0.15, -0.1) is 0 Å². The molecule has 0 saturated heterocycles. The first-order valence-electron chi connectivity index (χ1n) is 8.39. The number of rotatable bonds is 6. The maximum atomic E-state index is 12.7. The first-order chi connectivity index (χ1) is 12.6. The average Bonchev–Trinajstić information content (AvgIpc) is 2.67. The molecule has 26 heavy (non-hydrogen) atoms. The Morgan fingerprint density at radius 1 is 0.808 bits per heavy atom. The first-order valence-corrected chi connectivity index (χ1v) is 9.98. The van der Waals surface area contributed by atoms with Gasteiger partial charge in [0.15, 0.2) is 5.78 Å². The van der Waals surface area contributed by atoms with Gasteiger partial charge >= 0.3 is 0 Å². The second kappa shape index (κ2) is 9.11. The van der Waals surface area contributed by atoms with E-state index in [2.05, 4.69) is 68.3 Å². The van der Waals surface area contributed by atoms with Gasteiger partial charge in [-0.2, -0.15) is 0 Å². The van der Waals surface area contributed by atoms with E-state index in [1.165, 1.54) is 0 Å². The van der Waals surface area contributed by atoms with E-state index >= 15 is 0 Å². The minimum absolute atomic E-state index is 0.0273. The second-order valence-electron chi connectivity index (χ2n) is 6.06. The summed E-state index contributed by atoms with van der Waals surface area (Å²) in [4.78, 5) is 12.7. The molecule has 1 nitrogen and oxygen atoms in total. The van der Waals surface area contributed by atoms with Gasteiger partial charge in [-0.25, -0.2) is 0 Å². The smallest absolute Gasteiger partial charge is 0.163 e. The number of hydrogen-bond acceptors (Lipinski definition) is 1. The Kier molecular flexibility index (Phi) is 6.59. The van der Waals surface area contributed by atoms with Crippen LogP contribution in [0.15, 0.2) is 93.9 Å². The zero-order valence-electron chi connectivity index (χ0n) is 14.1. The quantitative estimate of drug-likeness (QED) is 0.346. The van der Waals surface area contributed by atoms with Crippen molar-refractivity contribution < 1.29 is 4.79 Å². The highest BCUT2D eigenvalue weighted by Crippen LogP contribution is 2.26. The molecule has 1 atom stereocenters. The predicted molar refractivity (Wildman–Crippen MR) is 115 cm³/mol. The summed E-state index contributed by atoms with van der Waals surface area (Å²) in [5, 5.41) is 0. The van der Waals surface area contributed by atoms with Gasteiger partial charge in [0.25, 0.3) is 0 Å². The standard InChI is InChI=1S/C23H18Br2O/c24-21-12-7-17(8-13-21)6-9-20(18-10-14-22(25)15-11-18)16-23(26)19-4-2-1-3-5-19/h1-15,20H,16H2/b9-6+. The molecule has 0 bridgehead atoms. The van der Waals surface area contributed by atoms with Gasteiger partial charge in [0, 0.05) is 26.8 Å². The third kappa shape index (κ3) is 5.26. The fraction of sp³-hybridized carbons (Fsp3) is 0.0870. The van der Waals surface area contributed by atoms with Crippen LogP contribution in [0.5, 0.6) is 0 Å². The molecule has 0 amide bonds. The van der Waals surface area contributed by atoms with Gasteiger partial charge in [0.05, 0.1) is 0 Å². The van der Waals surface area contributed by atoms with Gasteiger partial charge in [0.1, 0.15) is 0 Å². The van der Waals surface area contributed by atoms with Crippen LogP contribution in [0.25, 0.3) is 6.08 Å². The van der Waals surface area contributed by atoms with Crippen LogP contribution in [-0.4, -0.2) is 5.78 Å². The maximum absolute atomic E-state index is 12.7. The molecule has 3 heteroatoms. The molecule has 0 aliphatic rings. The lowest BCUT2D eigenvalue weighted by molar-refractivity contribution is 0.0978. The summed E-state index contributed by atoms with van der Waals surface area (Å²) in [5.41, 5.74) is 3.00. The Bertz CT molecular complexity index is 882. The van der Waals surface area contributed by atoms with E-state index < -0.39 is 0 Å². The minimum atomic E-state index is 0.0273. The van der Waals surface area contributed by atoms with Gasteiger partial charge in [-0.1, -0.05) is 98.6 Å². The fourth-order valence-electron chi connectivity index (χ4n) is 2.75. The van der Waals surface area contributed by atoms with E-state index in [4.69, 9.17) is 0 Å². The van der Waals surface area contributed by atoms with Crippen molar-refractivity contribution in [3.63, 3.8) is 0 Å². The number of halogens is 2. The molecule has 3 rings (SSSR count). The number of Topliss-reactive ketones (excluding diaryl/α,β-unsaturated/α-hetero) is 1. The monoisotopic (exact) mass is 468 g/mol. The number of allylic oxidation sites excluding steroid dienone is 1. The summed E-state index contributed by atoms with van der Waals surface area (Å²) in [6.45, 7) is 0. The van der Waals surface area contributed by atoms with Crippen LogP contribution < -0.4 is 0 Å². The lowest BCUT2D eigenvalue weighted by Crippen LogP contribution is -2.06. The number of hydrogen-bond donors (Lipinski definition) is 0. The second-order valence-corrected chi connectivity index (χ2v) is 7.89.